The molecule has 0 fully saturated rings. The second-order valence-corrected chi connectivity index (χ2v) is 5.11. The lowest BCUT2D eigenvalue weighted by Crippen LogP contribution is -2.11. The minimum atomic E-state index is -0.220. The summed E-state index contributed by atoms with van der Waals surface area (Å²) in [6.07, 6.45) is 0. The summed E-state index contributed by atoms with van der Waals surface area (Å²) >= 11 is 5.81. The summed E-state index contributed by atoms with van der Waals surface area (Å²) in [5, 5.41) is 14.8. The molecule has 0 saturated heterocycles. The predicted molar refractivity (Wildman–Crippen MR) is 85.0 cm³/mol. The number of anilines is 1. The number of nitrogens with one attached hydrogen (secondary N) is 1. The van der Waals surface area contributed by atoms with Gasteiger partial charge in [0.1, 0.15) is 5.75 Å². The van der Waals surface area contributed by atoms with E-state index in [4.69, 9.17) is 11.6 Å². The molecule has 0 bridgehead atoms. The van der Waals surface area contributed by atoms with Crippen molar-refractivity contribution in [2.24, 2.45) is 0 Å². The number of fused-ring (bicyclic) bond motifs is 1. The maximum atomic E-state index is 12.2. The van der Waals surface area contributed by atoms with Crippen LogP contribution in [0.25, 0.3) is 10.8 Å². The molecule has 0 aliphatic heterocycles. The van der Waals surface area contributed by atoms with Crippen molar-refractivity contribution in [3.05, 3.63) is 71.2 Å². The van der Waals surface area contributed by atoms with E-state index < -0.39 is 0 Å². The Hall–Kier alpha value is -2.52. The molecule has 0 aliphatic carbocycles. The maximum Gasteiger partial charge on any atom is 0.255 e. The molecule has 0 unspecified atom stereocenters. The first-order chi connectivity index (χ1) is 10.1. The van der Waals surface area contributed by atoms with Gasteiger partial charge in [-0.05, 0) is 47.9 Å². The number of hydrogen-bond acceptors (Lipinski definition) is 2. The lowest BCUT2D eigenvalue weighted by Gasteiger charge is -2.09. The SMILES string of the molecule is O=C(Nc1cccc2ccc(O)cc12)c1ccc(Cl)cc1. The number of halogens is 1. The quantitative estimate of drug-likeness (QED) is 0.734. The van der Waals surface area contributed by atoms with Gasteiger partial charge in [-0.1, -0.05) is 29.8 Å². The van der Waals surface area contributed by atoms with Gasteiger partial charge in [-0.15, -0.1) is 0 Å². The lowest BCUT2D eigenvalue weighted by atomic mass is 10.1. The van der Waals surface area contributed by atoms with Crippen molar-refractivity contribution in [2.75, 3.05) is 5.32 Å². The molecule has 3 aromatic rings. The monoisotopic (exact) mass is 297 g/mol. The van der Waals surface area contributed by atoms with Crippen LogP contribution in [0.4, 0.5) is 5.69 Å². The average molecular weight is 298 g/mol. The number of carbonyl (C=O) groups is 1. The second-order valence-electron chi connectivity index (χ2n) is 4.67. The zero-order chi connectivity index (χ0) is 14.8. The van der Waals surface area contributed by atoms with Crippen molar-refractivity contribution in [2.45, 2.75) is 0 Å². The molecule has 2 N–H and O–H groups in total. The molecular formula is C17H12ClNO2. The van der Waals surface area contributed by atoms with E-state index in [1.807, 2.05) is 18.2 Å². The zero-order valence-electron chi connectivity index (χ0n) is 11.0. The first-order valence-electron chi connectivity index (χ1n) is 6.42. The Kier molecular flexibility index (Phi) is 3.50. The Morgan fingerprint density at radius 2 is 1.76 bits per heavy atom. The fourth-order valence-corrected chi connectivity index (χ4v) is 2.29. The minimum Gasteiger partial charge on any atom is -0.508 e. The molecule has 0 heterocycles. The topological polar surface area (TPSA) is 49.3 Å². The van der Waals surface area contributed by atoms with Crippen molar-refractivity contribution in [1.29, 1.82) is 0 Å². The van der Waals surface area contributed by atoms with E-state index >= 15 is 0 Å². The predicted octanol–water partition coefficient (Wildman–Crippen LogP) is 4.45. The highest BCUT2D eigenvalue weighted by Gasteiger charge is 2.08. The number of aromatic hydroxyl groups is 1. The van der Waals surface area contributed by atoms with Crippen LogP contribution in [0.2, 0.25) is 5.02 Å². The third-order valence-electron chi connectivity index (χ3n) is 3.22. The average Bonchev–Trinajstić information content (AvgIpc) is 2.48. The van der Waals surface area contributed by atoms with Crippen molar-refractivity contribution < 1.29 is 9.90 Å². The largest absolute Gasteiger partial charge is 0.508 e. The fourth-order valence-electron chi connectivity index (χ4n) is 2.17. The number of benzene rings is 3. The fraction of sp³-hybridized carbons (Fsp3) is 0. The number of phenolic OH excluding ortho intramolecular Hbond substituents is 1. The van der Waals surface area contributed by atoms with Gasteiger partial charge in [0, 0.05) is 21.7 Å². The van der Waals surface area contributed by atoms with E-state index in [2.05, 4.69) is 5.32 Å². The van der Waals surface area contributed by atoms with Gasteiger partial charge in [-0.25, -0.2) is 0 Å². The van der Waals surface area contributed by atoms with Crippen LogP contribution in [0, 0.1) is 0 Å². The van der Waals surface area contributed by atoms with Crippen LogP contribution >= 0.6 is 11.6 Å². The van der Waals surface area contributed by atoms with Crippen molar-refractivity contribution in [3.8, 4) is 5.75 Å². The zero-order valence-corrected chi connectivity index (χ0v) is 11.8. The Balaban J connectivity index is 1.96. The highest BCUT2D eigenvalue weighted by molar-refractivity contribution is 6.30. The van der Waals surface area contributed by atoms with Gasteiger partial charge in [0.25, 0.3) is 5.91 Å². The van der Waals surface area contributed by atoms with Crippen LogP contribution in [0.1, 0.15) is 10.4 Å². The normalized spacial score (nSPS) is 10.5. The van der Waals surface area contributed by atoms with Gasteiger partial charge in [0.05, 0.1) is 0 Å². The number of carbonyl (C=O) groups excluding carboxylic acids is 1. The minimum absolute atomic E-state index is 0.163. The van der Waals surface area contributed by atoms with Crippen LogP contribution in [0.5, 0.6) is 5.75 Å². The first kappa shape index (κ1) is 13.5. The van der Waals surface area contributed by atoms with E-state index in [1.165, 1.54) is 0 Å². The Morgan fingerprint density at radius 3 is 2.52 bits per heavy atom. The molecule has 104 valence electrons. The van der Waals surface area contributed by atoms with Crippen LogP contribution in [-0.4, -0.2) is 11.0 Å². The van der Waals surface area contributed by atoms with Crippen LogP contribution in [0.15, 0.2) is 60.7 Å². The second kappa shape index (κ2) is 5.46. The summed E-state index contributed by atoms with van der Waals surface area (Å²) in [7, 11) is 0. The third kappa shape index (κ3) is 2.83. The standard InChI is InChI=1S/C17H12ClNO2/c18-13-7-4-12(5-8-13)17(21)19-16-3-1-2-11-6-9-14(20)10-15(11)16/h1-10,20H,(H,19,21). The van der Waals surface area contributed by atoms with Crippen molar-refractivity contribution in [3.63, 3.8) is 0 Å². The van der Waals surface area contributed by atoms with Gasteiger partial charge >= 0.3 is 0 Å². The molecular weight excluding hydrogens is 286 g/mol. The molecule has 3 aromatic carbocycles. The summed E-state index contributed by atoms with van der Waals surface area (Å²) in [5.41, 5.74) is 1.18. The van der Waals surface area contributed by atoms with E-state index in [1.54, 1.807) is 42.5 Å². The molecule has 0 aromatic heterocycles. The van der Waals surface area contributed by atoms with Gasteiger partial charge in [-0.2, -0.15) is 0 Å². The van der Waals surface area contributed by atoms with Crippen LogP contribution in [0.3, 0.4) is 0 Å². The molecule has 4 heteroatoms. The summed E-state index contributed by atoms with van der Waals surface area (Å²) in [4.78, 5) is 12.2. The Labute approximate surface area is 126 Å². The van der Waals surface area contributed by atoms with Crippen LogP contribution in [-0.2, 0) is 0 Å². The summed E-state index contributed by atoms with van der Waals surface area (Å²) in [5.74, 6) is -0.0572. The van der Waals surface area contributed by atoms with E-state index in [0.29, 0.717) is 16.3 Å². The highest BCUT2D eigenvalue weighted by atomic mass is 35.5. The first-order valence-corrected chi connectivity index (χ1v) is 6.80. The number of amides is 1. The van der Waals surface area contributed by atoms with Gasteiger partial charge in [0.2, 0.25) is 0 Å². The van der Waals surface area contributed by atoms with Crippen molar-refractivity contribution >= 4 is 34.0 Å². The van der Waals surface area contributed by atoms with Crippen LogP contribution < -0.4 is 5.32 Å². The maximum absolute atomic E-state index is 12.2. The summed E-state index contributed by atoms with van der Waals surface area (Å²) < 4.78 is 0. The van der Waals surface area contributed by atoms with E-state index in [9.17, 15) is 9.90 Å². The molecule has 0 aliphatic rings. The summed E-state index contributed by atoms with van der Waals surface area (Å²) in [6, 6.07) is 17.3. The molecule has 0 atom stereocenters. The van der Waals surface area contributed by atoms with Gasteiger partial charge in [-0.3, -0.25) is 4.79 Å². The number of phenols is 1. The third-order valence-corrected chi connectivity index (χ3v) is 3.47. The molecule has 0 spiro atoms. The summed E-state index contributed by atoms with van der Waals surface area (Å²) in [6.45, 7) is 0. The molecule has 1 amide bonds. The van der Waals surface area contributed by atoms with Gasteiger partial charge < -0.3 is 10.4 Å². The van der Waals surface area contributed by atoms with E-state index in [0.717, 1.165) is 10.8 Å². The number of hydrogen-bond donors (Lipinski definition) is 2. The van der Waals surface area contributed by atoms with Crippen molar-refractivity contribution in [1.82, 2.24) is 0 Å². The Morgan fingerprint density at radius 1 is 1.00 bits per heavy atom. The molecule has 3 rings (SSSR count). The lowest BCUT2D eigenvalue weighted by molar-refractivity contribution is 0.102. The van der Waals surface area contributed by atoms with E-state index in [-0.39, 0.29) is 11.7 Å². The Bertz CT molecular complexity index is 813. The number of rotatable bonds is 2. The smallest absolute Gasteiger partial charge is 0.255 e. The molecule has 0 radical (unpaired) electrons. The highest BCUT2D eigenvalue weighted by Crippen LogP contribution is 2.27. The van der Waals surface area contributed by atoms with Gasteiger partial charge in [0.15, 0.2) is 0 Å². The molecule has 3 nitrogen and oxygen atoms in total. The molecule has 0 saturated carbocycles. The molecule has 21 heavy (non-hydrogen) atoms.